The number of aromatic amines is 1. The summed E-state index contributed by atoms with van der Waals surface area (Å²) in [5, 5.41) is 9.20. The molecule has 6 heteroatoms. The zero-order valence-corrected chi connectivity index (χ0v) is 13.1. The van der Waals surface area contributed by atoms with Crippen LogP contribution in [0.2, 0.25) is 0 Å². The van der Waals surface area contributed by atoms with Gasteiger partial charge in [-0.3, -0.25) is 9.59 Å². The molecule has 2 aromatic heterocycles. The van der Waals surface area contributed by atoms with Crippen LogP contribution in [0.15, 0.2) is 46.1 Å². The number of fused-ring (bicyclic) bond motifs is 1. The monoisotopic (exact) mass is 310 g/mol. The Kier molecular flexibility index (Phi) is 4.08. The fraction of sp³-hybridized carbons (Fsp3) is 0.235. The van der Waals surface area contributed by atoms with Crippen molar-refractivity contribution in [2.45, 2.75) is 20.0 Å². The maximum atomic E-state index is 12.1. The van der Waals surface area contributed by atoms with Crippen molar-refractivity contribution in [2.75, 3.05) is 0 Å². The first-order valence-corrected chi connectivity index (χ1v) is 7.40. The van der Waals surface area contributed by atoms with Crippen LogP contribution >= 0.6 is 0 Å². The number of hydrogen-bond acceptors (Lipinski definition) is 4. The molecule has 0 atom stereocenters. The molecule has 2 heterocycles. The largest absolute Gasteiger partial charge is 0.329 e. The summed E-state index contributed by atoms with van der Waals surface area (Å²) in [6.45, 7) is 3.06. The number of nitrogens with one attached hydrogen (secondary N) is 2. The van der Waals surface area contributed by atoms with Crippen LogP contribution in [-0.2, 0) is 20.1 Å². The molecule has 0 saturated carbocycles. The Balaban J connectivity index is 1.84. The van der Waals surface area contributed by atoms with Crippen molar-refractivity contribution in [1.29, 1.82) is 0 Å². The van der Waals surface area contributed by atoms with Gasteiger partial charge in [-0.1, -0.05) is 18.2 Å². The van der Waals surface area contributed by atoms with Crippen LogP contribution in [-0.4, -0.2) is 14.8 Å². The molecule has 6 nitrogen and oxygen atoms in total. The molecule has 0 amide bonds. The first kappa shape index (κ1) is 15.2. The van der Waals surface area contributed by atoms with Gasteiger partial charge in [-0.05, 0) is 24.1 Å². The number of aryl methyl sites for hydroxylation is 2. The second-order valence-electron chi connectivity index (χ2n) is 5.53. The molecule has 0 bridgehead atoms. The van der Waals surface area contributed by atoms with Crippen molar-refractivity contribution in [3.8, 4) is 0 Å². The van der Waals surface area contributed by atoms with E-state index in [9.17, 15) is 9.59 Å². The molecule has 3 aromatic rings. The Hall–Kier alpha value is -2.73. The summed E-state index contributed by atoms with van der Waals surface area (Å²) >= 11 is 0. The van der Waals surface area contributed by atoms with Crippen LogP contribution in [0, 0.1) is 6.92 Å². The van der Waals surface area contributed by atoms with E-state index in [1.165, 1.54) is 4.68 Å². The summed E-state index contributed by atoms with van der Waals surface area (Å²) in [6, 6.07) is 9.06. The summed E-state index contributed by atoms with van der Waals surface area (Å²) < 4.78 is 1.37. The predicted molar refractivity (Wildman–Crippen MR) is 89.3 cm³/mol. The highest BCUT2D eigenvalue weighted by molar-refractivity contribution is 5.83. The Bertz CT molecular complexity index is 972. The third-order valence-corrected chi connectivity index (χ3v) is 3.88. The van der Waals surface area contributed by atoms with Gasteiger partial charge in [0.05, 0.1) is 11.1 Å². The lowest BCUT2D eigenvalue weighted by Gasteiger charge is -2.10. The standard InChI is InChI=1S/C17H18N4O2/c1-11-7-16(22)19-9-12(11)8-18-10-15-13-5-3-4-6-14(13)17(23)21(2)20-15/h3-7,9,18H,8,10H2,1-2H3,(H,19,22). The molecular weight excluding hydrogens is 292 g/mol. The molecule has 0 aliphatic heterocycles. The van der Waals surface area contributed by atoms with Gasteiger partial charge in [0.15, 0.2) is 0 Å². The van der Waals surface area contributed by atoms with Crippen molar-refractivity contribution in [3.05, 3.63) is 74.1 Å². The first-order valence-electron chi connectivity index (χ1n) is 7.40. The molecule has 0 saturated heterocycles. The summed E-state index contributed by atoms with van der Waals surface area (Å²) in [6.07, 6.45) is 1.72. The quantitative estimate of drug-likeness (QED) is 0.759. The van der Waals surface area contributed by atoms with Crippen molar-refractivity contribution < 1.29 is 0 Å². The highest BCUT2D eigenvalue weighted by Crippen LogP contribution is 2.13. The number of nitrogens with zero attached hydrogens (tertiary/aromatic N) is 2. The van der Waals surface area contributed by atoms with Gasteiger partial charge in [0.2, 0.25) is 5.56 Å². The van der Waals surface area contributed by atoms with Crippen LogP contribution in [0.25, 0.3) is 10.8 Å². The van der Waals surface area contributed by atoms with Crippen LogP contribution in [0.3, 0.4) is 0 Å². The molecule has 0 unspecified atom stereocenters. The lowest BCUT2D eigenvalue weighted by Crippen LogP contribution is -2.24. The van der Waals surface area contributed by atoms with E-state index < -0.39 is 0 Å². The molecule has 23 heavy (non-hydrogen) atoms. The Labute approximate surface area is 132 Å². The predicted octanol–water partition coefficient (Wildman–Crippen LogP) is 1.22. The molecule has 2 N–H and O–H groups in total. The van der Waals surface area contributed by atoms with Gasteiger partial charge in [0, 0.05) is 37.8 Å². The van der Waals surface area contributed by atoms with Crippen LogP contribution in [0.4, 0.5) is 0 Å². The molecule has 0 radical (unpaired) electrons. The van der Waals surface area contributed by atoms with Crippen LogP contribution in [0.5, 0.6) is 0 Å². The van der Waals surface area contributed by atoms with Crippen molar-refractivity contribution in [1.82, 2.24) is 20.1 Å². The van der Waals surface area contributed by atoms with E-state index in [0.717, 1.165) is 22.2 Å². The molecule has 0 aliphatic rings. The fourth-order valence-corrected chi connectivity index (χ4v) is 2.62. The molecule has 0 aliphatic carbocycles. The number of rotatable bonds is 4. The third-order valence-electron chi connectivity index (χ3n) is 3.88. The van der Waals surface area contributed by atoms with Gasteiger partial charge in [-0.25, -0.2) is 4.68 Å². The normalized spacial score (nSPS) is 11.0. The first-order chi connectivity index (χ1) is 11.1. The summed E-state index contributed by atoms with van der Waals surface area (Å²) in [5.41, 5.74) is 2.60. The maximum absolute atomic E-state index is 12.1. The molecule has 1 aromatic carbocycles. The van der Waals surface area contributed by atoms with E-state index in [1.54, 1.807) is 19.3 Å². The Morgan fingerprint density at radius 3 is 2.65 bits per heavy atom. The van der Waals surface area contributed by atoms with E-state index in [-0.39, 0.29) is 11.1 Å². The Morgan fingerprint density at radius 2 is 1.91 bits per heavy atom. The van der Waals surface area contributed by atoms with Gasteiger partial charge >= 0.3 is 0 Å². The van der Waals surface area contributed by atoms with Gasteiger partial charge in [-0.2, -0.15) is 5.10 Å². The van der Waals surface area contributed by atoms with Gasteiger partial charge in [0.1, 0.15) is 0 Å². The second-order valence-corrected chi connectivity index (χ2v) is 5.53. The molecular formula is C17H18N4O2. The minimum atomic E-state index is -0.100. The Morgan fingerprint density at radius 1 is 1.17 bits per heavy atom. The molecule has 0 spiro atoms. The molecule has 0 fully saturated rings. The maximum Gasteiger partial charge on any atom is 0.274 e. The minimum Gasteiger partial charge on any atom is -0.329 e. The van der Waals surface area contributed by atoms with Crippen LogP contribution < -0.4 is 16.4 Å². The average molecular weight is 310 g/mol. The van der Waals surface area contributed by atoms with Crippen molar-refractivity contribution >= 4 is 10.8 Å². The zero-order chi connectivity index (χ0) is 16.4. The third kappa shape index (κ3) is 3.07. The number of hydrogen-bond donors (Lipinski definition) is 2. The highest BCUT2D eigenvalue weighted by Gasteiger charge is 2.08. The van der Waals surface area contributed by atoms with E-state index in [2.05, 4.69) is 15.4 Å². The second kappa shape index (κ2) is 6.18. The highest BCUT2D eigenvalue weighted by atomic mass is 16.1. The van der Waals surface area contributed by atoms with Gasteiger partial charge < -0.3 is 10.3 Å². The number of H-pyrrole nitrogens is 1. The number of pyridine rings is 1. The molecule has 3 rings (SSSR count). The van der Waals surface area contributed by atoms with Crippen molar-refractivity contribution in [2.24, 2.45) is 7.05 Å². The SMILES string of the molecule is Cc1cc(=O)[nH]cc1CNCc1nn(C)c(=O)c2ccccc12. The summed E-state index contributed by atoms with van der Waals surface area (Å²) in [5.74, 6) is 0. The minimum absolute atomic E-state index is 0.0965. The smallest absolute Gasteiger partial charge is 0.274 e. The summed E-state index contributed by atoms with van der Waals surface area (Å²) in [4.78, 5) is 26.0. The van der Waals surface area contributed by atoms with Gasteiger partial charge in [-0.15, -0.1) is 0 Å². The van der Waals surface area contributed by atoms with E-state index >= 15 is 0 Å². The fourth-order valence-electron chi connectivity index (χ4n) is 2.62. The van der Waals surface area contributed by atoms with E-state index in [1.807, 2.05) is 31.2 Å². The number of benzene rings is 1. The average Bonchev–Trinajstić information content (AvgIpc) is 2.54. The van der Waals surface area contributed by atoms with E-state index in [0.29, 0.717) is 18.5 Å². The number of aromatic nitrogens is 3. The topological polar surface area (TPSA) is 79.8 Å². The zero-order valence-electron chi connectivity index (χ0n) is 13.1. The summed E-state index contributed by atoms with van der Waals surface area (Å²) in [7, 11) is 1.66. The molecule has 118 valence electrons. The van der Waals surface area contributed by atoms with Crippen molar-refractivity contribution in [3.63, 3.8) is 0 Å². The van der Waals surface area contributed by atoms with E-state index in [4.69, 9.17) is 0 Å². The van der Waals surface area contributed by atoms with Crippen LogP contribution in [0.1, 0.15) is 16.8 Å². The lowest BCUT2D eigenvalue weighted by atomic mass is 10.1. The van der Waals surface area contributed by atoms with Gasteiger partial charge in [0.25, 0.3) is 5.56 Å². The lowest BCUT2D eigenvalue weighted by molar-refractivity contribution is 0.631.